The maximum atomic E-state index is 12.6. The fraction of sp³-hybridized carbons (Fsp3) is 0.467. The Labute approximate surface area is 140 Å². The molecule has 3 amide bonds. The van der Waals surface area contributed by atoms with Crippen LogP contribution in [0.1, 0.15) is 18.5 Å². The minimum atomic E-state index is -4.56. The van der Waals surface area contributed by atoms with E-state index in [0.717, 1.165) is 11.0 Å². The molecule has 1 aromatic rings. The largest absolute Gasteiger partial charge is 0.471 e. The molecule has 25 heavy (non-hydrogen) atoms. The Morgan fingerprint density at radius 1 is 1.20 bits per heavy atom. The number of imide groups is 1. The van der Waals surface area contributed by atoms with Crippen LogP contribution in [0.4, 0.5) is 13.2 Å². The Hall–Kier alpha value is -2.65. The van der Waals surface area contributed by atoms with Gasteiger partial charge in [0.05, 0.1) is 13.1 Å². The fourth-order valence-electron chi connectivity index (χ4n) is 2.56. The molecule has 134 valence electrons. The predicted octanol–water partition coefficient (Wildman–Crippen LogP) is 0.839. The van der Waals surface area contributed by atoms with E-state index in [-0.39, 0.29) is 50.2 Å². The molecule has 2 aliphatic heterocycles. The summed E-state index contributed by atoms with van der Waals surface area (Å²) in [4.78, 5) is 40.7. The topological polar surface area (TPSA) is 79.8 Å². The van der Waals surface area contributed by atoms with Gasteiger partial charge in [-0.05, 0) is 6.07 Å². The summed E-state index contributed by atoms with van der Waals surface area (Å²) < 4.78 is 43.1. The van der Waals surface area contributed by atoms with Crippen molar-refractivity contribution in [3.05, 3.63) is 23.9 Å². The lowest BCUT2D eigenvalue weighted by molar-refractivity contribution is -0.149. The minimum Gasteiger partial charge on any atom is -0.471 e. The molecule has 0 aliphatic carbocycles. The van der Waals surface area contributed by atoms with Gasteiger partial charge >= 0.3 is 6.18 Å². The van der Waals surface area contributed by atoms with Gasteiger partial charge in [0.1, 0.15) is 18.3 Å². The van der Waals surface area contributed by atoms with Crippen LogP contribution in [0.5, 0.6) is 5.88 Å². The second-order valence-electron chi connectivity index (χ2n) is 5.77. The standard InChI is InChI=1S/C15H14F3N3O4/c16-15(17,18)10-2-1-3-11(19-10)25-9-6-20(7-9)14(24)8-21-12(22)4-5-13(21)23/h1-3,9H,4-8H2. The Bertz CT molecular complexity index is 700. The summed E-state index contributed by atoms with van der Waals surface area (Å²) in [6, 6.07) is 3.34. The van der Waals surface area contributed by atoms with Gasteiger partial charge in [0, 0.05) is 18.9 Å². The van der Waals surface area contributed by atoms with Crippen LogP contribution in [-0.4, -0.2) is 58.2 Å². The van der Waals surface area contributed by atoms with Gasteiger partial charge < -0.3 is 9.64 Å². The van der Waals surface area contributed by atoms with Crippen LogP contribution in [0.2, 0.25) is 0 Å². The third kappa shape index (κ3) is 3.72. The maximum Gasteiger partial charge on any atom is 0.433 e. The first-order chi connectivity index (χ1) is 11.7. The van der Waals surface area contributed by atoms with Crippen LogP contribution < -0.4 is 4.74 Å². The van der Waals surface area contributed by atoms with E-state index in [1.165, 1.54) is 17.0 Å². The molecule has 0 atom stereocenters. The van der Waals surface area contributed by atoms with Gasteiger partial charge in [0.15, 0.2) is 0 Å². The minimum absolute atomic E-state index is 0.110. The zero-order chi connectivity index (χ0) is 18.2. The first-order valence-electron chi connectivity index (χ1n) is 7.56. The van der Waals surface area contributed by atoms with Crippen LogP contribution in [-0.2, 0) is 20.6 Å². The zero-order valence-electron chi connectivity index (χ0n) is 13.0. The van der Waals surface area contributed by atoms with Crippen molar-refractivity contribution in [2.24, 2.45) is 0 Å². The third-order valence-electron chi connectivity index (χ3n) is 3.95. The number of aromatic nitrogens is 1. The molecule has 0 aromatic carbocycles. The molecule has 10 heteroatoms. The maximum absolute atomic E-state index is 12.6. The van der Waals surface area contributed by atoms with Gasteiger partial charge in [-0.3, -0.25) is 19.3 Å². The predicted molar refractivity (Wildman–Crippen MR) is 76.2 cm³/mol. The summed E-state index contributed by atoms with van der Waals surface area (Å²) in [5.41, 5.74) is -1.05. The lowest BCUT2D eigenvalue weighted by Gasteiger charge is -2.39. The number of carbonyl (C=O) groups excluding carboxylic acids is 3. The Morgan fingerprint density at radius 2 is 1.84 bits per heavy atom. The van der Waals surface area contributed by atoms with Crippen molar-refractivity contribution in [2.45, 2.75) is 25.1 Å². The van der Waals surface area contributed by atoms with E-state index in [9.17, 15) is 27.6 Å². The number of alkyl halides is 3. The van der Waals surface area contributed by atoms with Gasteiger partial charge in [-0.25, -0.2) is 4.98 Å². The van der Waals surface area contributed by atoms with Crippen molar-refractivity contribution in [1.29, 1.82) is 0 Å². The first-order valence-corrected chi connectivity index (χ1v) is 7.56. The second kappa shape index (κ2) is 6.34. The van der Waals surface area contributed by atoms with Crippen LogP contribution in [0.15, 0.2) is 18.2 Å². The molecule has 0 saturated carbocycles. The Morgan fingerprint density at radius 3 is 2.44 bits per heavy atom. The molecule has 1 aromatic heterocycles. The molecule has 0 bridgehead atoms. The smallest absolute Gasteiger partial charge is 0.433 e. The van der Waals surface area contributed by atoms with E-state index in [2.05, 4.69) is 4.98 Å². The number of pyridine rings is 1. The molecule has 0 radical (unpaired) electrons. The van der Waals surface area contributed by atoms with Crippen molar-refractivity contribution >= 4 is 17.7 Å². The number of rotatable bonds is 4. The lowest BCUT2D eigenvalue weighted by atomic mass is 10.1. The summed E-state index contributed by atoms with van der Waals surface area (Å²) >= 11 is 0. The summed E-state index contributed by atoms with van der Waals surface area (Å²) in [6.07, 6.45) is -4.82. The Balaban J connectivity index is 1.50. The van der Waals surface area contributed by atoms with E-state index in [4.69, 9.17) is 4.74 Å². The van der Waals surface area contributed by atoms with Gasteiger partial charge in [-0.15, -0.1) is 0 Å². The number of nitrogens with zero attached hydrogens (tertiary/aromatic N) is 3. The normalized spacial score (nSPS) is 18.5. The number of ether oxygens (including phenoxy) is 1. The highest BCUT2D eigenvalue weighted by Gasteiger charge is 2.37. The summed E-state index contributed by atoms with van der Waals surface area (Å²) in [5.74, 6) is -1.32. The average Bonchev–Trinajstić information content (AvgIpc) is 2.81. The van der Waals surface area contributed by atoms with E-state index >= 15 is 0 Å². The van der Waals surface area contributed by atoms with Crippen LogP contribution in [0.3, 0.4) is 0 Å². The van der Waals surface area contributed by atoms with Crippen molar-refractivity contribution in [2.75, 3.05) is 19.6 Å². The molecular weight excluding hydrogens is 343 g/mol. The monoisotopic (exact) mass is 357 g/mol. The molecule has 0 N–H and O–H groups in total. The molecule has 2 aliphatic rings. The average molecular weight is 357 g/mol. The van der Waals surface area contributed by atoms with E-state index in [1.807, 2.05) is 0 Å². The number of hydrogen-bond donors (Lipinski definition) is 0. The number of carbonyl (C=O) groups is 3. The summed E-state index contributed by atoms with van der Waals surface area (Å²) in [5, 5.41) is 0. The van der Waals surface area contributed by atoms with Gasteiger partial charge in [-0.2, -0.15) is 13.2 Å². The van der Waals surface area contributed by atoms with Gasteiger partial charge in [-0.1, -0.05) is 6.07 Å². The van der Waals surface area contributed by atoms with Crippen molar-refractivity contribution in [3.63, 3.8) is 0 Å². The summed E-state index contributed by atoms with van der Waals surface area (Å²) in [7, 11) is 0. The number of amides is 3. The molecular formula is C15H14F3N3O4. The quantitative estimate of drug-likeness (QED) is 0.746. The fourth-order valence-corrected chi connectivity index (χ4v) is 2.56. The molecule has 7 nitrogen and oxygen atoms in total. The highest BCUT2D eigenvalue weighted by atomic mass is 19.4. The molecule has 0 spiro atoms. The van der Waals surface area contributed by atoms with Crippen molar-refractivity contribution in [3.8, 4) is 5.88 Å². The van der Waals surface area contributed by atoms with Gasteiger partial charge in [0.2, 0.25) is 23.6 Å². The second-order valence-corrected chi connectivity index (χ2v) is 5.77. The van der Waals surface area contributed by atoms with E-state index in [1.54, 1.807) is 0 Å². The number of hydrogen-bond acceptors (Lipinski definition) is 5. The highest BCUT2D eigenvalue weighted by molar-refractivity contribution is 6.04. The van der Waals surface area contributed by atoms with Crippen molar-refractivity contribution < 1.29 is 32.3 Å². The van der Waals surface area contributed by atoms with Crippen LogP contribution in [0, 0.1) is 0 Å². The zero-order valence-corrected chi connectivity index (χ0v) is 13.0. The number of halogens is 3. The number of likely N-dealkylation sites (tertiary alicyclic amines) is 2. The summed E-state index contributed by atoms with van der Waals surface area (Å²) in [6.45, 7) is 0.00611. The van der Waals surface area contributed by atoms with Crippen LogP contribution in [0.25, 0.3) is 0 Å². The Kier molecular flexibility index (Phi) is 4.36. The highest BCUT2D eigenvalue weighted by Crippen LogP contribution is 2.29. The first kappa shape index (κ1) is 17.2. The lowest BCUT2D eigenvalue weighted by Crippen LogP contribution is -2.58. The molecule has 3 heterocycles. The van der Waals surface area contributed by atoms with E-state index in [0.29, 0.717) is 0 Å². The molecule has 3 rings (SSSR count). The van der Waals surface area contributed by atoms with Crippen molar-refractivity contribution in [1.82, 2.24) is 14.8 Å². The van der Waals surface area contributed by atoms with E-state index < -0.39 is 23.9 Å². The SMILES string of the molecule is O=C(CN1C(=O)CCC1=O)N1CC(Oc2cccc(C(F)(F)F)n2)C1. The molecule has 2 saturated heterocycles. The van der Waals surface area contributed by atoms with Crippen LogP contribution >= 0.6 is 0 Å². The van der Waals surface area contributed by atoms with Gasteiger partial charge in [0.25, 0.3) is 0 Å². The molecule has 0 unspecified atom stereocenters. The third-order valence-corrected chi connectivity index (χ3v) is 3.95. The molecule has 2 fully saturated rings.